The lowest BCUT2D eigenvalue weighted by atomic mass is 10.1. The fraction of sp³-hybridized carbons (Fsp3) is 0.120. The first-order valence-corrected chi connectivity index (χ1v) is 10.8. The highest BCUT2D eigenvalue weighted by Gasteiger charge is 2.16. The SMILES string of the molecule is Cc1cc(-c2n[nH]c3ccc(-c4ccn([C@H](CO)c5cccc(Cl)c5)c(=O)c4)nc23)ccn1. The average molecular weight is 458 g/mol. The van der Waals surface area contributed by atoms with Crippen LogP contribution in [0, 0.1) is 6.92 Å². The zero-order chi connectivity index (χ0) is 22.9. The fourth-order valence-corrected chi connectivity index (χ4v) is 4.13. The summed E-state index contributed by atoms with van der Waals surface area (Å²) in [5.41, 5.74) is 5.91. The summed E-state index contributed by atoms with van der Waals surface area (Å²) in [5.74, 6) is 0. The number of nitrogens with zero attached hydrogens (tertiary/aromatic N) is 4. The molecule has 0 radical (unpaired) electrons. The largest absolute Gasteiger partial charge is 0.394 e. The van der Waals surface area contributed by atoms with E-state index in [0.29, 0.717) is 16.3 Å². The van der Waals surface area contributed by atoms with Crippen molar-refractivity contribution in [2.75, 3.05) is 6.61 Å². The smallest absolute Gasteiger partial charge is 0.251 e. The van der Waals surface area contributed by atoms with E-state index in [0.717, 1.165) is 33.5 Å². The van der Waals surface area contributed by atoms with Gasteiger partial charge < -0.3 is 9.67 Å². The predicted molar refractivity (Wildman–Crippen MR) is 128 cm³/mol. The minimum atomic E-state index is -0.531. The zero-order valence-corrected chi connectivity index (χ0v) is 18.5. The van der Waals surface area contributed by atoms with Crippen molar-refractivity contribution in [3.63, 3.8) is 0 Å². The van der Waals surface area contributed by atoms with Crippen LogP contribution in [0.1, 0.15) is 17.3 Å². The van der Waals surface area contributed by atoms with E-state index >= 15 is 0 Å². The summed E-state index contributed by atoms with van der Waals surface area (Å²) in [6.07, 6.45) is 3.42. The van der Waals surface area contributed by atoms with Gasteiger partial charge in [0, 0.05) is 40.3 Å². The van der Waals surface area contributed by atoms with E-state index in [1.165, 1.54) is 10.6 Å². The Bertz CT molecular complexity index is 1530. The molecule has 0 unspecified atom stereocenters. The number of nitrogens with one attached hydrogen (secondary N) is 1. The molecule has 0 aliphatic heterocycles. The molecule has 0 aliphatic carbocycles. The Morgan fingerprint density at radius 1 is 1.09 bits per heavy atom. The molecule has 4 heterocycles. The van der Waals surface area contributed by atoms with Gasteiger partial charge in [-0.05, 0) is 55.0 Å². The van der Waals surface area contributed by atoms with Crippen molar-refractivity contribution in [3.05, 3.63) is 99.7 Å². The summed E-state index contributed by atoms with van der Waals surface area (Å²) in [6, 6.07) is 17.5. The van der Waals surface area contributed by atoms with Crippen molar-refractivity contribution >= 4 is 22.6 Å². The first kappa shape index (κ1) is 21.1. The number of fused-ring (bicyclic) bond motifs is 1. The number of aromatic nitrogens is 5. The molecule has 0 saturated heterocycles. The number of hydrogen-bond acceptors (Lipinski definition) is 5. The van der Waals surface area contributed by atoms with Crippen LogP contribution in [-0.2, 0) is 0 Å². The number of hydrogen-bond donors (Lipinski definition) is 2. The standard InChI is InChI=1S/C25H20ClN5O2/c1-15-11-18(7-9-27-15)24-25-21(29-30-24)6-5-20(28-25)16-8-10-31(23(33)13-16)22(14-32)17-3-2-4-19(26)12-17/h2-13,22,32H,14H2,1H3,(H,29,30)/t22-/m1/s1. The van der Waals surface area contributed by atoms with E-state index in [-0.39, 0.29) is 12.2 Å². The second-order valence-corrected chi connectivity index (χ2v) is 8.20. The molecule has 5 rings (SSSR count). The maximum absolute atomic E-state index is 13.0. The Hall–Kier alpha value is -3.81. The van der Waals surface area contributed by atoms with Crippen LogP contribution >= 0.6 is 11.6 Å². The van der Waals surface area contributed by atoms with Crippen LogP contribution in [0.15, 0.2) is 77.9 Å². The van der Waals surface area contributed by atoms with Crippen molar-refractivity contribution in [2.45, 2.75) is 13.0 Å². The molecule has 4 aromatic heterocycles. The van der Waals surface area contributed by atoms with Gasteiger partial charge in [0.1, 0.15) is 11.2 Å². The summed E-state index contributed by atoms with van der Waals surface area (Å²) >= 11 is 6.09. The average Bonchev–Trinajstić information content (AvgIpc) is 3.24. The molecule has 1 atom stereocenters. The monoisotopic (exact) mass is 457 g/mol. The van der Waals surface area contributed by atoms with E-state index < -0.39 is 6.04 Å². The van der Waals surface area contributed by atoms with Gasteiger partial charge >= 0.3 is 0 Å². The molecule has 0 saturated carbocycles. The van der Waals surface area contributed by atoms with Gasteiger partial charge in [-0.2, -0.15) is 5.10 Å². The van der Waals surface area contributed by atoms with Crippen LogP contribution in [0.4, 0.5) is 0 Å². The predicted octanol–water partition coefficient (Wildman–Crippen LogP) is 4.39. The maximum Gasteiger partial charge on any atom is 0.251 e. The number of aromatic amines is 1. The highest BCUT2D eigenvalue weighted by atomic mass is 35.5. The van der Waals surface area contributed by atoms with Crippen LogP contribution in [0.3, 0.4) is 0 Å². The summed E-state index contributed by atoms with van der Waals surface area (Å²) in [4.78, 5) is 22.0. The highest BCUT2D eigenvalue weighted by Crippen LogP contribution is 2.28. The Labute approximate surface area is 194 Å². The molecule has 0 bridgehead atoms. The third-order valence-corrected chi connectivity index (χ3v) is 5.80. The van der Waals surface area contributed by atoms with Crippen molar-refractivity contribution in [2.24, 2.45) is 0 Å². The minimum Gasteiger partial charge on any atom is -0.394 e. The molecule has 1 aromatic carbocycles. The molecule has 7 nitrogen and oxygen atoms in total. The fourth-order valence-electron chi connectivity index (χ4n) is 3.93. The maximum atomic E-state index is 13.0. The van der Waals surface area contributed by atoms with Crippen molar-refractivity contribution in [1.29, 1.82) is 0 Å². The number of aryl methyl sites for hydroxylation is 1. The molecule has 33 heavy (non-hydrogen) atoms. The van der Waals surface area contributed by atoms with E-state index in [2.05, 4.69) is 15.2 Å². The Balaban J connectivity index is 1.55. The molecule has 2 N–H and O–H groups in total. The molecule has 0 aliphatic rings. The lowest BCUT2D eigenvalue weighted by molar-refractivity contribution is 0.247. The zero-order valence-electron chi connectivity index (χ0n) is 17.7. The highest BCUT2D eigenvalue weighted by molar-refractivity contribution is 6.30. The van der Waals surface area contributed by atoms with E-state index in [1.54, 1.807) is 30.6 Å². The second kappa shape index (κ2) is 8.61. The van der Waals surface area contributed by atoms with E-state index in [4.69, 9.17) is 16.6 Å². The minimum absolute atomic E-state index is 0.229. The quantitative estimate of drug-likeness (QED) is 0.408. The van der Waals surface area contributed by atoms with Gasteiger partial charge in [0.2, 0.25) is 0 Å². The molecule has 0 spiro atoms. The van der Waals surface area contributed by atoms with Gasteiger partial charge in [0.25, 0.3) is 5.56 Å². The van der Waals surface area contributed by atoms with Crippen LogP contribution in [0.25, 0.3) is 33.5 Å². The Morgan fingerprint density at radius 3 is 2.73 bits per heavy atom. The number of H-pyrrole nitrogens is 1. The van der Waals surface area contributed by atoms with Crippen LogP contribution in [0.2, 0.25) is 5.02 Å². The normalized spacial score (nSPS) is 12.2. The van der Waals surface area contributed by atoms with E-state index in [9.17, 15) is 9.90 Å². The van der Waals surface area contributed by atoms with Gasteiger partial charge in [-0.3, -0.25) is 14.9 Å². The van der Waals surface area contributed by atoms with Crippen molar-refractivity contribution in [3.8, 4) is 22.5 Å². The van der Waals surface area contributed by atoms with Gasteiger partial charge in [0.15, 0.2) is 0 Å². The Kier molecular flexibility index (Phi) is 5.50. The van der Waals surface area contributed by atoms with Crippen LogP contribution < -0.4 is 5.56 Å². The summed E-state index contributed by atoms with van der Waals surface area (Å²) < 4.78 is 1.50. The van der Waals surface area contributed by atoms with Gasteiger partial charge in [-0.15, -0.1) is 0 Å². The lowest BCUT2D eigenvalue weighted by Gasteiger charge is -2.18. The number of aliphatic hydroxyl groups is 1. The molecular formula is C25H20ClN5O2. The molecule has 5 aromatic rings. The summed E-state index contributed by atoms with van der Waals surface area (Å²) in [7, 11) is 0. The number of halogens is 1. The van der Waals surface area contributed by atoms with Crippen molar-refractivity contribution in [1.82, 2.24) is 24.7 Å². The number of benzene rings is 1. The third kappa shape index (κ3) is 4.04. The van der Waals surface area contributed by atoms with Crippen LogP contribution in [-0.4, -0.2) is 36.4 Å². The molecule has 164 valence electrons. The third-order valence-electron chi connectivity index (χ3n) is 5.56. The first-order chi connectivity index (χ1) is 16.0. The molecular weight excluding hydrogens is 438 g/mol. The van der Waals surface area contributed by atoms with Gasteiger partial charge in [0.05, 0.1) is 23.9 Å². The van der Waals surface area contributed by atoms with Gasteiger partial charge in [-0.1, -0.05) is 23.7 Å². The number of pyridine rings is 3. The Morgan fingerprint density at radius 2 is 1.97 bits per heavy atom. The molecule has 8 heteroatoms. The van der Waals surface area contributed by atoms with Crippen molar-refractivity contribution < 1.29 is 5.11 Å². The lowest BCUT2D eigenvalue weighted by Crippen LogP contribution is -2.26. The van der Waals surface area contributed by atoms with E-state index in [1.807, 2.05) is 43.3 Å². The summed E-state index contributed by atoms with van der Waals surface area (Å²) in [6.45, 7) is 1.70. The molecule has 0 amide bonds. The second-order valence-electron chi connectivity index (χ2n) is 7.77. The van der Waals surface area contributed by atoms with Gasteiger partial charge in [-0.25, -0.2) is 4.98 Å². The number of rotatable bonds is 5. The van der Waals surface area contributed by atoms with Crippen LogP contribution in [0.5, 0.6) is 0 Å². The molecule has 0 fully saturated rings. The topological polar surface area (TPSA) is 96.7 Å². The first-order valence-electron chi connectivity index (χ1n) is 10.4. The number of aliphatic hydroxyl groups excluding tert-OH is 1. The summed E-state index contributed by atoms with van der Waals surface area (Å²) in [5, 5.41) is 17.9.